The molecule has 0 fully saturated rings. The minimum absolute atomic E-state index is 0.0276. The zero-order chi connectivity index (χ0) is 15.0. The van der Waals surface area contributed by atoms with Gasteiger partial charge in [0.25, 0.3) is 11.8 Å². The number of hydrogen-bond donors (Lipinski definition) is 1. The van der Waals surface area contributed by atoms with Crippen LogP contribution in [-0.4, -0.2) is 16.9 Å². The predicted octanol–water partition coefficient (Wildman–Crippen LogP) is 3.23. The second-order valence-corrected chi connectivity index (χ2v) is 4.77. The third-order valence-electron chi connectivity index (χ3n) is 3.38. The van der Waals surface area contributed by atoms with Crippen LogP contribution >= 0.6 is 0 Å². The second-order valence-electron chi connectivity index (χ2n) is 4.77. The number of fused-ring (bicyclic) bond motifs is 1. The summed E-state index contributed by atoms with van der Waals surface area (Å²) in [5.74, 6) is -0.807. The molecule has 0 atom stereocenters. The largest absolute Gasteiger partial charge is 0.508 e. The molecule has 0 unspecified atom stereocenters. The molecule has 1 aliphatic rings. The first kappa shape index (κ1) is 13.1. The molecular weight excluding hydrogens is 266 g/mol. The van der Waals surface area contributed by atoms with Crippen LogP contribution in [0.3, 0.4) is 0 Å². The topological polar surface area (TPSA) is 57.6 Å². The number of imide groups is 1. The Labute approximate surface area is 121 Å². The van der Waals surface area contributed by atoms with Crippen LogP contribution in [-0.2, 0) is 0 Å². The van der Waals surface area contributed by atoms with Crippen LogP contribution in [0.25, 0.3) is 6.08 Å². The molecule has 0 spiro atoms. The van der Waals surface area contributed by atoms with Gasteiger partial charge in [0, 0.05) is 0 Å². The van der Waals surface area contributed by atoms with Gasteiger partial charge in [-0.25, -0.2) is 4.90 Å². The Morgan fingerprint density at radius 2 is 1.62 bits per heavy atom. The molecule has 0 radical (unpaired) electrons. The van der Waals surface area contributed by atoms with E-state index < -0.39 is 5.91 Å². The molecule has 0 aliphatic carbocycles. The summed E-state index contributed by atoms with van der Waals surface area (Å²) in [6.07, 6.45) is 3.85. The van der Waals surface area contributed by atoms with Crippen molar-refractivity contribution in [3.63, 3.8) is 0 Å². The number of anilines is 1. The van der Waals surface area contributed by atoms with E-state index >= 15 is 0 Å². The number of benzene rings is 2. The summed E-state index contributed by atoms with van der Waals surface area (Å²) in [4.78, 5) is 25.8. The van der Waals surface area contributed by atoms with Crippen LogP contribution < -0.4 is 4.90 Å². The van der Waals surface area contributed by atoms with E-state index in [-0.39, 0.29) is 17.2 Å². The summed E-state index contributed by atoms with van der Waals surface area (Å²) in [5, 5.41) is 9.46. The molecule has 2 aromatic rings. The Hall–Kier alpha value is -2.88. The molecule has 2 aromatic carbocycles. The molecule has 21 heavy (non-hydrogen) atoms. The number of aromatic hydroxyl groups is 1. The molecule has 4 heteroatoms. The number of allylic oxidation sites excluding steroid dienone is 1. The van der Waals surface area contributed by atoms with Gasteiger partial charge in [-0.3, -0.25) is 9.59 Å². The van der Waals surface area contributed by atoms with E-state index in [1.54, 1.807) is 12.1 Å². The summed E-state index contributed by atoms with van der Waals surface area (Å²) >= 11 is 0. The van der Waals surface area contributed by atoms with Gasteiger partial charge in [0.2, 0.25) is 0 Å². The SMILES string of the molecule is CC=Cc1ccc(N2C(=O)c3ccc(O)cc3C2=O)cc1. The number of phenols is 1. The molecule has 2 amide bonds. The fraction of sp³-hybridized carbons (Fsp3) is 0.0588. The fourth-order valence-electron chi connectivity index (χ4n) is 2.39. The van der Waals surface area contributed by atoms with Crippen molar-refractivity contribution in [1.82, 2.24) is 0 Å². The van der Waals surface area contributed by atoms with Crippen molar-refractivity contribution >= 4 is 23.6 Å². The minimum Gasteiger partial charge on any atom is -0.508 e. The van der Waals surface area contributed by atoms with Crippen LogP contribution in [0.15, 0.2) is 48.5 Å². The molecular formula is C17H13NO3. The zero-order valence-corrected chi connectivity index (χ0v) is 11.4. The van der Waals surface area contributed by atoms with E-state index in [9.17, 15) is 14.7 Å². The Morgan fingerprint density at radius 3 is 2.29 bits per heavy atom. The Bertz CT molecular complexity index is 760. The molecule has 0 aromatic heterocycles. The highest BCUT2D eigenvalue weighted by Crippen LogP contribution is 2.30. The first-order valence-electron chi connectivity index (χ1n) is 6.56. The summed E-state index contributed by atoms with van der Waals surface area (Å²) in [6.45, 7) is 1.92. The van der Waals surface area contributed by atoms with Crippen LogP contribution in [0.2, 0.25) is 0 Å². The molecule has 4 nitrogen and oxygen atoms in total. The molecule has 3 rings (SSSR count). The van der Waals surface area contributed by atoms with E-state index in [4.69, 9.17) is 0 Å². The highest BCUT2D eigenvalue weighted by molar-refractivity contribution is 6.34. The van der Waals surface area contributed by atoms with Crippen molar-refractivity contribution in [2.75, 3.05) is 4.90 Å². The zero-order valence-electron chi connectivity index (χ0n) is 11.4. The molecule has 104 valence electrons. The van der Waals surface area contributed by atoms with Crippen molar-refractivity contribution in [1.29, 1.82) is 0 Å². The number of carbonyl (C=O) groups excluding carboxylic acids is 2. The Balaban J connectivity index is 2.01. The van der Waals surface area contributed by atoms with Gasteiger partial charge in [-0.2, -0.15) is 0 Å². The van der Waals surface area contributed by atoms with Crippen molar-refractivity contribution in [2.24, 2.45) is 0 Å². The average molecular weight is 279 g/mol. The first-order valence-corrected chi connectivity index (χ1v) is 6.56. The standard InChI is InChI=1S/C17H13NO3/c1-2-3-11-4-6-12(7-5-11)18-16(20)14-9-8-13(19)10-15(14)17(18)21/h2-10,19H,1H3. The predicted molar refractivity (Wildman–Crippen MR) is 80.4 cm³/mol. The third kappa shape index (κ3) is 2.10. The van der Waals surface area contributed by atoms with Crippen molar-refractivity contribution in [3.05, 3.63) is 65.2 Å². The smallest absolute Gasteiger partial charge is 0.266 e. The highest BCUT2D eigenvalue weighted by atomic mass is 16.3. The quantitative estimate of drug-likeness (QED) is 0.859. The van der Waals surface area contributed by atoms with Crippen molar-refractivity contribution < 1.29 is 14.7 Å². The Morgan fingerprint density at radius 1 is 0.952 bits per heavy atom. The van der Waals surface area contributed by atoms with Gasteiger partial charge in [-0.05, 0) is 42.8 Å². The van der Waals surface area contributed by atoms with Crippen LogP contribution in [0.1, 0.15) is 33.2 Å². The molecule has 1 N–H and O–H groups in total. The van der Waals surface area contributed by atoms with E-state index in [2.05, 4.69) is 0 Å². The lowest BCUT2D eigenvalue weighted by atomic mass is 10.1. The van der Waals surface area contributed by atoms with Crippen LogP contribution in [0.5, 0.6) is 5.75 Å². The number of rotatable bonds is 2. The third-order valence-corrected chi connectivity index (χ3v) is 3.38. The molecule has 1 heterocycles. The fourth-order valence-corrected chi connectivity index (χ4v) is 2.39. The van der Waals surface area contributed by atoms with Gasteiger partial charge in [-0.15, -0.1) is 0 Å². The Kier molecular flexibility index (Phi) is 3.06. The average Bonchev–Trinajstić information content (AvgIpc) is 2.72. The normalized spacial score (nSPS) is 14.0. The lowest BCUT2D eigenvalue weighted by Gasteiger charge is -2.13. The highest BCUT2D eigenvalue weighted by Gasteiger charge is 2.36. The van der Waals surface area contributed by atoms with Gasteiger partial charge in [0.1, 0.15) is 5.75 Å². The summed E-state index contributed by atoms with van der Waals surface area (Å²) in [6, 6.07) is 11.4. The minimum atomic E-state index is -0.412. The number of phenolic OH excluding ortho intramolecular Hbond substituents is 1. The lowest BCUT2D eigenvalue weighted by molar-refractivity contribution is 0.0926. The van der Waals surface area contributed by atoms with Crippen molar-refractivity contribution in [2.45, 2.75) is 6.92 Å². The number of carbonyl (C=O) groups is 2. The van der Waals surface area contributed by atoms with Gasteiger partial charge in [0.05, 0.1) is 16.8 Å². The number of hydrogen-bond acceptors (Lipinski definition) is 3. The maximum absolute atomic E-state index is 12.4. The number of amides is 2. The maximum atomic E-state index is 12.4. The lowest BCUT2D eigenvalue weighted by Crippen LogP contribution is -2.29. The van der Waals surface area contributed by atoms with Gasteiger partial charge < -0.3 is 5.11 Å². The van der Waals surface area contributed by atoms with Crippen LogP contribution in [0, 0.1) is 0 Å². The number of nitrogens with zero attached hydrogens (tertiary/aromatic N) is 1. The van der Waals surface area contributed by atoms with E-state index in [1.807, 2.05) is 31.2 Å². The van der Waals surface area contributed by atoms with Gasteiger partial charge in [-0.1, -0.05) is 24.3 Å². The van der Waals surface area contributed by atoms with E-state index in [0.717, 1.165) is 10.5 Å². The van der Waals surface area contributed by atoms with E-state index in [1.165, 1.54) is 18.2 Å². The molecule has 0 saturated carbocycles. The molecule has 0 bridgehead atoms. The van der Waals surface area contributed by atoms with E-state index in [0.29, 0.717) is 11.3 Å². The van der Waals surface area contributed by atoms with Gasteiger partial charge in [0.15, 0.2) is 0 Å². The maximum Gasteiger partial charge on any atom is 0.266 e. The van der Waals surface area contributed by atoms with Crippen LogP contribution in [0.4, 0.5) is 5.69 Å². The van der Waals surface area contributed by atoms with Crippen molar-refractivity contribution in [3.8, 4) is 5.75 Å². The molecule has 1 aliphatic heterocycles. The summed E-state index contributed by atoms with van der Waals surface area (Å²) in [7, 11) is 0. The monoisotopic (exact) mass is 279 g/mol. The molecule has 0 saturated heterocycles. The van der Waals surface area contributed by atoms with Gasteiger partial charge >= 0.3 is 0 Å². The summed E-state index contributed by atoms with van der Waals surface area (Å²) < 4.78 is 0. The first-order chi connectivity index (χ1) is 10.1. The second kappa shape index (κ2) is 4.90. The summed E-state index contributed by atoms with van der Waals surface area (Å²) in [5.41, 5.74) is 2.07.